The Hall–Kier alpha value is -1.40. The van der Waals surface area contributed by atoms with E-state index in [2.05, 4.69) is 15.2 Å². The molecule has 0 aromatic heterocycles. The molecule has 0 atom stereocenters. The van der Waals surface area contributed by atoms with E-state index >= 15 is 0 Å². The van der Waals surface area contributed by atoms with Crippen LogP contribution in [0.25, 0.3) is 0 Å². The van der Waals surface area contributed by atoms with Gasteiger partial charge in [0.2, 0.25) is 10.0 Å². The Labute approximate surface area is 177 Å². The van der Waals surface area contributed by atoms with Gasteiger partial charge in [0.15, 0.2) is 5.96 Å². The summed E-state index contributed by atoms with van der Waals surface area (Å²) >= 11 is 0. The molecule has 1 saturated heterocycles. The number of nitrogens with one attached hydrogen (secondary N) is 1. The number of likely N-dealkylation sites (tertiary alicyclic amines) is 1. The maximum absolute atomic E-state index is 11.8. The number of benzene rings is 1. The predicted molar refractivity (Wildman–Crippen MR) is 114 cm³/mol. The lowest BCUT2D eigenvalue weighted by Gasteiger charge is -2.33. The maximum atomic E-state index is 11.8. The van der Waals surface area contributed by atoms with E-state index in [4.69, 9.17) is 9.88 Å². The van der Waals surface area contributed by atoms with Crippen LogP contribution in [0, 0.1) is 5.92 Å². The molecule has 0 spiro atoms. The summed E-state index contributed by atoms with van der Waals surface area (Å²) in [6, 6.07) is 6.49. The van der Waals surface area contributed by atoms with E-state index in [1.807, 2.05) is 13.0 Å². The Morgan fingerprint density at radius 1 is 1.37 bits per heavy atom. The molecule has 1 heterocycles. The monoisotopic (exact) mass is 510 g/mol. The van der Waals surface area contributed by atoms with Crippen LogP contribution in [-0.2, 0) is 26.1 Å². The molecule has 152 valence electrons. The highest BCUT2D eigenvalue weighted by atomic mass is 127. The van der Waals surface area contributed by atoms with Crippen LogP contribution >= 0.6 is 24.0 Å². The van der Waals surface area contributed by atoms with Crippen molar-refractivity contribution < 1.29 is 17.9 Å². The number of piperidine rings is 1. The van der Waals surface area contributed by atoms with Crippen molar-refractivity contribution >= 4 is 45.9 Å². The summed E-state index contributed by atoms with van der Waals surface area (Å²) < 4.78 is 28.0. The number of primary sulfonamides is 1. The predicted octanol–water partition coefficient (Wildman–Crippen LogP) is 1.30. The van der Waals surface area contributed by atoms with Gasteiger partial charge in [-0.2, -0.15) is 0 Å². The molecule has 1 aromatic carbocycles. The van der Waals surface area contributed by atoms with Crippen LogP contribution in [0.5, 0.6) is 0 Å². The summed E-state index contributed by atoms with van der Waals surface area (Å²) in [7, 11) is -2.03. The number of sulfonamides is 1. The van der Waals surface area contributed by atoms with Gasteiger partial charge in [-0.15, -0.1) is 24.0 Å². The van der Waals surface area contributed by atoms with Crippen molar-refractivity contribution in [3.8, 4) is 0 Å². The normalized spacial score (nSPS) is 15.8. The van der Waals surface area contributed by atoms with E-state index in [1.54, 1.807) is 19.2 Å². The second-order valence-corrected chi connectivity index (χ2v) is 7.67. The van der Waals surface area contributed by atoms with Gasteiger partial charge in [-0.05, 0) is 37.5 Å². The third kappa shape index (κ3) is 6.92. The molecule has 27 heavy (non-hydrogen) atoms. The van der Waals surface area contributed by atoms with Crippen molar-refractivity contribution in [3.63, 3.8) is 0 Å². The minimum absolute atomic E-state index is 0. The van der Waals surface area contributed by atoms with Crippen LogP contribution in [0.15, 0.2) is 34.2 Å². The SMILES string of the molecule is CCOC(=O)C1CCN(C(=NC)NCc2cccc(S(N)(=O)=O)c2)CC1.I. The van der Waals surface area contributed by atoms with Crippen molar-refractivity contribution in [2.45, 2.75) is 31.2 Å². The number of guanidine groups is 1. The molecular weight excluding hydrogens is 483 g/mol. The molecule has 8 nitrogen and oxygen atoms in total. The Kier molecular flexibility index (Phi) is 9.47. The van der Waals surface area contributed by atoms with E-state index in [9.17, 15) is 13.2 Å². The summed E-state index contributed by atoms with van der Waals surface area (Å²) in [6.07, 6.45) is 1.45. The number of nitrogens with two attached hydrogens (primary N) is 1. The lowest BCUT2D eigenvalue weighted by atomic mass is 9.97. The highest BCUT2D eigenvalue weighted by Crippen LogP contribution is 2.19. The van der Waals surface area contributed by atoms with E-state index in [1.165, 1.54) is 6.07 Å². The average molecular weight is 510 g/mol. The minimum atomic E-state index is -3.72. The largest absolute Gasteiger partial charge is 0.466 e. The molecule has 1 aliphatic rings. The number of esters is 1. The quantitative estimate of drug-likeness (QED) is 0.267. The summed E-state index contributed by atoms with van der Waals surface area (Å²) in [4.78, 5) is 18.3. The van der Waals surface area contributed by atoms with Gasteiger partial charge in [-0.1, -0.05) is 12.1 Å². The zero-order valence-electron chi connectivity index (χ0n) is 15.6. The number of hydrogen-bond donors (Lipinski definition) is 2. The number of rotatable bonds is 5. The molecule has 0 bridgehead atoms. The van der Waals surface area contributed by atoms with Gasteiger partial charge in [0.25, 0.3) is 0 Å². The number of aliphatic imine (C=N–C) groups is 1. The van der Waals surface area contributed by atoms with Crippen LogP contribution in [0.4, 0.5) is 0 Å². The summed E-state index contributed by atoms with van der Waals surface area (Å²) in [5, 5.41) is 8.39. The van der Waals surface area contributed by atoms with Crippen LogP contribution < -0.4 is 10.5 Å². The van der Waals surface area contributed by atoms with Gasteiger partial charge >= 0.3 is 5.97 Å². The van der Waals surface area contributed by atoms with Crippen molar-refractivity contribution in [3.05, 3.63) is 29.8 Å². The third-order valence-electron chi connectivity index (χ3n) is 4.30. The smallest absolute Gasteiger partial charge is 0.309 e. The standard InChI is InChI=1S/C17H26N4O4S.HI/c1-3-25-16(22)14-7-9-21(10-8-14)17(19-2)20-12-13-5-4-6-15(11-13)26(18,23)24;/h4-6,11,14H,3,7-10,12H2,1-2H3,(H,19,20)(H2,18,23,24);1H. The van der Waals surface area contributed by atoms with Crippen molar-refractivity contribution in [1.82, 2.24) is 10.2 Å². The Morgan fingerprint density at radius 3 is 2.59 bits per heavy atom. The first-order valence-electron chi connectivity index (χ1n) is 8.59. The molecule has 0 saturated carbocycles. The number of carbonyl (C=O) groups is 1. The van der Waals surface area contributed by atoms with Gasteiger partial charge < -0.3 is 15.0 Å². The van der Waals surface area contributed by atoms with Crippen LogP contribution in [-0.4, -0.2) is 52.0 Å². The number of nitrogens with zero attached hydrogens (tertiary/aromatic N) is 2. The molecule has 0 amide bonds. The maximum Gasteiger partial charge on any atom is 0.309 e. The highest BCUT2D eigenvalue weighted by Gasteiger charge is 2.27. The van der Waals surface area contributed by atoms with Crippen molar-refractivity contribution in [2.75, 3.05) is 26.7 Å². The second kappa shape index (κ2) is 10.8. The average Bonchev–Trinajstić information content (AvgIpc) is 2.62. The van der Waals surface area contributed by atoms with E-state index in [0.717, 1.165) is 18.4 Å². The first kappa shape index (κ1) is 23.6. The van der Waals surface area contributed by atoms with Crippen LogP contribution in [0.2, 0.25) is 0 Å². The number of ether oxygens (including phenoxy) is 1. The fraction of sp³-hybridized carbons (Fsp3) is 0.529. The molecule has 1 aromatic rings. The topological polar surface area (TPSA) is 114 Å². The first-order chi connectivity index (χ1) is 12.3. The fourth-order valence-electron chi connectivity index (χ4n) is 2.93. The summed E-state index contributed by atoms with van der Waals surface area (Å²) in [6.45, 7) is 4.05. The molecular formula is C17H27IN4O4S. The molecule has 0 radical (unpaired) electrons. The molecule has 3 N–H and O–H groups in total. The van der Waals surface area contributed by atoms with E-state index in [0.29, 0.717) is 32.2 Å². The Bertz CT molecular complexity index is 762. The zero-order valence-corrected chi connectivity index (χ0v) is 18.7. The van der Waals surface area contributed by atoms with E-state index < -0.39 is 10.0 Å². The molecule has 0 aliphatic carbocycles. The summed E-state index contributed by atoms with van der Waals surface area (Å²) in [5.74, 6) is 0.527. The van der Waals surface area contributed by atoms with E-state index in [-0.39, 0.29) is 40.8 Å². The van der Waals surface area contributed by atoms with Gasteiger partial charge in [0, 0.05) is 26.7 Å². The lowest BCUT2D eigenvalue weighted by molar-refractivity contribution is -0.149. The Morgan fingerprint density at radius 2 is 2.04 bits per heavy atom. The van der Waals surface area contributed by atoms with Crippen LogP contribution in [0.3, 0.4) is 0 Å². The number of carbonyl (C=O) groups excluding carboxylic acids is 1. The zero-order chi connectivity index (χ0) is 19.2. The van der Waals surface area contributed by atoms with Gasteiger partial charge in [-0.3, -0.25) is 9.79 Å². The minimum Gasteiger partial charge on any atom is -0.466 e. The fourth-order valence-corrected chi connectivity index (χ4v) is 3.52. The molecule has 1 fully saturated rings. The van der Waals surface area contributed by atoms with Gasteiger partial charge in [0.1, 0.15) is 0 Å². The molecule has 10 heteroatoms. The van der Waals surface area contributed by atoms with Crippen molar-refractivity contribution in [2.24, 2.45) is 16.0 Å². The number of halogens is 1. The second-order valence-electron chi connectivity index (χ2n) is 6.11. The van der Waals surface area contributed by atoms with Crippen molar-refractivity contribution in [1.29, 1.82) is 0 Å². The molecule has 0 unspecified atom stereocenters. The molecule has 1 aliphatic heterocycles. The summed E-state index contributed by atoms with van der Waals surface area (Å²) in [5.41, 5.74) is 0.791. The molecule has 2 rings (SSSR count). The number of hydrogen-bond acceptors (Lipinski definition) is 5. The van der Waals surface area contributed by atoms with Crippen LogP contribution in [0.1, 0.15) is 25.3 Å². The highest BCUT2D eigenvalue weighted by molar-refractivity contribution is 14.0. The first-order valence-corrected chi connectivity index (χ1v) is 10.1. The van der Waals surface area contributed by atoms with Gasteiger partial charge in [0.05, 0.1) is 17.4 Å². The Balaban J connectivity index is 0.00000364. The lowest BCUT2D eigenvalue weighted by Crippen LogP contribution is -2.46. The third-order valence-corrected chi connectivity index (χ3v) is 5.21. The van der Waals surface area contributed by atoms with Gasteiger partial charge in [-0.25, -0.2) is 13.6 Å².